The lowest BCUT2D eigenvalue weighted by atomic mass is 10.2. The lowest BCUT2D eigenvalue weighted by Crippen LogP contribution is -2.41. The molecule has 2 aromatic rings. The molecular formula is C16H16N2O6S. The van der Waals surface area contributed by atoms with E-state index in [-0.39, 0.29) is 12.1 Å². The highest BCUT2D eigenvalue weighted by Gasteiger charge is 2.16. The molecule has 9 heteroatoms. The van der Waals surface area contributed by atoms with E-state index < -0.39 is 35.3 Å². The first kappa shape index (κ1) is 18.4. The molecule has 25 heavy (non-hydrogen) atoms. The van der Waals surface area contributed by atoms with E-state index in [4.69, 9.17) is 9.15 Å². The van der Waals surface area contributed by atoms with Gasteiger partial charge in [-0.2, -0.15) is 0 Å². The molecule has 8 nitrogen and oxygen atoms in total. The molecule has 0 bridgehead atoms. The van der Waals surface area contributed by atoms with Crippen molar-refractivity contribution >= 4 is 28.7 Å². The molecule has 0 fully saturated rings. The maximum Gasteiger partial charge on any atom is 0.339 e. The Kier molecular flexibility index (Phi) is 6.47. The zero-order valence-corrected chi connectivity index (χ0v) is 14.1. The van der Waals surface area contributed by atoms with Crippen molar-refractivity contribution in [2.24, 2.45) is 0 Å². The Hall–Kier alpha value is -2.94. The number of furan rings is 1. The van der Waals surface area contributed by atoms with E-state index in [1.807, 2.05) is 5.32 Å². The van der Waals surface area contributed by atoms with Crippen LogP contribution in [0.2, 0.25) is 0 Å². The minimum atomic E-state index is -1.38. The molecule has 0 spiro atoms. The molecule has 2 N–H and O–H groups in total. The first-order chi connectivity index (χ1) is 12.0. The monoisotopic (exact) mass is 364 g/mol. The van der Waals surface area contributed by atoms with Crippen molar-refractivity contribution in [1.82, 2.24) is 10.6 Å². The molecule has 0 aliphatic heterocycles. The van der Waals surface area contributed by atoms with Crippen molar-refractivity contribution in [2.45, 2.75) is 11.4 Å². The van der Waals surface area contributed by atoms with E-state index in [0.29, 0.717) is 10.7 Å². The Morgan fingerprint density at radius 1 is 1.16 bits per heavy atom. The highest BCUT2D eigenvalue weighted by Crippen LogP contribution is 2.13. The van der Waals surface area contributed by atoms with Gasteiger partial charge in [-0.3, -0.25) is 14.3 Å². The topological polar surface area (TPSA) is 115 Å². The van der Waals surface area contributed by atoms with Gasteiger partial charge in [-0.25, -0.2) is 9.59 Å². The van der Waals surface area contributed by atoms with Crippen LogP contribution in [0.15, 0.2) is 52.0 Å². The van der Waals surface area contributed by atoms with E-state index in [1.165, 1.54) is 24.7 Å². The summed E-state index contributed by atoms with van der Waals surface area (Å²) in [5, 5.41) is 4.43. The minimum Gasteiger partial charge on any atom is -0.467 e. The van der Waals surface area contributed by atoms with Gasteiger partial charge in [0.2, 0.25) is 0 Å². The number of carbonyl (C=O) groups excluding carboxylic acids is 3. The molecule has 1 heterocycles. The molecule has 0 radical (unpaired) electrons. The van der Waals surface area contributed by atoms with Crippen molar-refractivity contribution in [3.63, 3.8) is 0 Å². The lowest BCUT2D eigenvalue weighted by molar-refractivity contribution is -0.123. The number of nitrogens with one attached hydrogen (secondary N) is 2. The van der Waals surface area contributed by atoms with Crippen LogP contribution in [-0.2, 0) is 26.9 Å². The van der Waals surface area contributed by atoms with Crippen LogP contribution in [0.1, 0.15) is 16.1 Å². The van der Waals surface area contributed by atoms with Crippen molar-refractivity contribution in [1.29, 1.82) is 0 Å². The first-order valence-corrected chi connectivity index (χ1v) is 8.73. The van der Waals surface area contributed by atoms with Gasteiger partial charge in [-0.15, -0.1) is 0 Å². The second kappa shape index (κ2) is 8.78. The van der Waals surface area contributed by atoms with E-state index in [0.717, 1.165) is 0 Å². The van der Waals surface area contributed by atoms with Gasteiger partial charge in [0.05, 0.1) is 34.1 Å². The van der Waals surface area contributed by atoms with Gasteiger partial charge in [-0.05, 0) is 24.3 Å². The van der Waals surface area contributed by atoms with Crippen molar-refractivity contribution in [3.8, 4) is 0 Å². The molecule has 0 aliphatic carbocycles. The highest BCUT2D eigenvalue weighted by molar-refractivity contribution is 7.84. The summed E-state index contributed by atoms with van der Waals surface area (Å²) >= 11 is 0. The maximum absolute atomic E-state index is 12.0. The van der Waals surface area contributed by atoms with E-state index >= 15 is 0 Å². The van der Waals surface area contributed by atoms with Gasteiger partial charge in [0.25, 0.3) is 5.91 Å². The summed E-state index contributed by atoms with van der Waals surface area (Å²) in [6.45, 7) is -0.528. The molecule has 0 unspecified atom stereocenters. The van der Waals surface area contributed by atoms with Crippen LogP contribution in [0.25, 0.3) is 0 Å². The van der Waals surface area contributed by atoms with Gasteiger partial charge in [0.1, 0.15) is 5.76 Å². The average molecular weight is 364 g/mol. The van der Waals surface area contributed by atoms with Crippen LogP contribution in [-0.4, -0.2) is 35.0 Å². The van der Waals surface area contributed by atoms with Gasteiger partial charge < -0.3 is 14.5 Å². The Labute approximate surface area is 146 Å². The van der Waals surface area contributed by atoms with Crippen molar-refractivity contribution in [2.75, 3.05) is 12.9 Å². The number of hydrogen-bond donors (Lipinski definition) is 2. The molecule has 0 saturated heterocycles. The number of esters is 1. The largest absolute Gasteiger partial charge is 0.467 e. The third-order valence-corrected chi connectivity index (χ3v) is 3.98. The Morgan fingerprint density at radius 3 is 2.60 bits per heavy atom. The second-order valence-corrected chi connectivity index (χ2v) is 6.18. The van der Waals surface area contributed by atoms with Crippen LogP contribution < -0.4 is 10.6 Å². The number of carbonyl (C=O) groups is 3. The number of hydrogen-bond acceptors (Lipinski definition) is 6. The fourth-order valence-corrected chi connectivity index (χ4v) is 2.61. The normalized spacial score (nSPS) is 11.4. The van der Waals surface area contributed by atoms with Crippen molar-refractivity contribution < 1.29 is 27.7 Å². The summed E-state index contributed by atoms with van der Waals surface area (Å²) in [5.74, 6) is -1.06. The fourth-order valence-electron chi connectivity index (χ4n) is 1.88. The number of ether oxygens (including phenoxy) is 1. The molecule has 0 saturated carbocycles. The molecule has 2 rings (SSSR count). The number of urea groups is 1. The smallest absolute Gasteiger partial charge is 0.339 e. The zero-order chi connectivity index (χ0) is 18.2. The summed E-state index contributed by atoms with van der Waals surface area (Å²) in [6, 6.07) is 8.81. The SMILES string of the molecule is C[S@@](=O)c1ccccc1C(=O)OCC(=O)NC(=O)NCc1ccco1. The van der Waals surface area contributed by atoms with Crippen LogP contribution in [0.3, 0.4) is 0 Å². The molecule has 3 amide bonds. The van der Waals surface area contributed by atoms with Gasteiger partial charge in [0, 0.05) is 6.26 Å². The van der Waals surface area contributed by atoms with E-state index in [2.05, 4.69) is 5.32 Å². The molecule has 132 valence electrons. The standard InChI is InChI=1S/C16H16N2O6S/c1-25(22)13-7-3-2-6-12(13)15(20)24-10-14(19)18-16(21)17-9-11-5-4-8-23-11/h2-8H,9-10H2,1H3,(H2,17,18,19,21)/t25-/m1/s1. The first-order valence-electron chi connectivity index (χ1n) is 7.17. The van der Waals surface area contributed by atoms with Crippen molar-refractivity contribution in [3.05, 3.63) is 54.0 Å². The fraction of sp³-hybridized carbons (Fsp3) is 0.188. The predicted octanol–water partition coefficient (Wildman–Crippen LogP) is 1.20. The average Bonchev–Trinajstić information content (AvgIpc) is 3.11. The summed E-state index contributed by atoms with van der Waals surface area (Å²) < 4.78 is 21.5. The van der Waals surface area contributed by atoms with E-state index in [1.54, 1.807) is 24.3 Å². The summed E-state index contributed by atoms with van der Waals surface area (Å²) in [6.07, 6.45) is 2.89. The second-order valence-electron chi connectivity index (χ2n) is 4.84. The molecular weight excluding hydrogens is 348 g/mol. The third-order valence-electron chi connectivity index (χ3n) is 3.01. The van der Waals surface area contributed by atoms with Gasteiger partial charge in [0.15, 0.2) is 6.61 Å². The third kappa shape index (κ3) is 5.57. The Balaban J connectivity index is 1.80. The van der Waals surface area contributed by atoms with Gasteiger partial charge >= 0.3 is 12.0 Å². The molecule has 1 aromatic heterocycles. The number of benzene rings is 1. The quantitative estimate of drug-likeness (QED) is 0.745. The summed E-state index contributed by atoms with van der Waals surface area (Å²) in [7, 11) is -1.38. The Bertz CT molecular complexity index is 788. The maximum atomic E-state index is 12.0. The van der Waals surface area contributed by atoms with Crippen LogP contribution >= 0.6 is 0 Å². The van der Waals surface area contributed by atoms with E-state index in [9.17, 15) is 18.6 Å². The predicted molar refractivity (Wildman–Crippen MR) is 88.1 cm³/mol. The Morgan fingerprint density at radius 2 is 1.92 bits per heavy atom. The van der Waals surface area contributed by atoms with Crippen LogP contribution in [0.5, 0.6) is 0 Å². The molecule has 1 aromatic carbocycles. The van der Waals surface area contributed by atoms with Gasteiger partial charge in [-0.1, -0.05) is 12.1 Å². The van der Waals surface area contributed by atoms with Crippen LogP contribution in [0, 0.1) is 0 Å². The number of amides is 3. The summed E-state index contributed by atoms with van der Waals surface area (Å²) in [5.41, 5.74) is 0.110. The number of imide groups is 1. The minimum absolute atomic E-state index is 0.110. The number of rotatable bonds is 6. The zero-order valence-electron chi connectivity index (χ0n) is 13.3. The summed E-state index contributed by atoms with van der Waals surface area (Å²) in [4.78, 5) is 35.5. The molecule has 0 aliphatic rings. The van der Waals surface area contributed by atoms with Crippen LogP contribution in [0.4, 0.5) is 4.79 Å². The highest BCUT2D eigenvalue weighted by atomic mass is 32.2. The molecule has 1 atom stereocenters. The lowest BCUT2D eigenvalue weighted by Gasteiger charge is -2.08.